The average Bonchev–Trinajstić information content (AvgIpc) is 3.13. The Morgan fingerprint density at radius 3 is 2.71 bits per heavy atom. The summed E-state index contributed by atoms with van der Waals surface area (Å²) >= 11 is 0. The third kappa shape index (κ3) is 4.22. The maximum absolute atomic E-state index is 12.4. The monoisotopic (exact) mass is 340 g/mol. The third-order valence-corrected chi connectivity index (χ3v) is 4.07. The first-order valence-corrected chi connectivity index (χ1v) is 7.79. The molecule has 24 heavy (non-hydrogen) atoms. The Bertz CT molecular complexity index is 667. The van der Waals surface area contributed by atoms with Crippen LogP contribution in [0.15, 0.2) is 24.3 Å². The number of aromatic nitrogens is 4. The molecule has 1 atom stereocenters. The molecular weight excluding hydrogens is 321 g/mol. The highest BCUT2D eigenvalue weighted by molar-refractivity contribution is 5.39. The van der Waals surface area contributed by atoms with Crippen molar-refractivity contribution in [2.75, 3.05) is 31.5 Å². The van der Waals surface area contributed by atoms with Crippen molar-refractivity contribution in [3.05, 3.63) is 29.8 Å². The summed E-state index contributed by atoms with van der Waals surface area (Å²) in [5, 5.41) is 14.7. The molecule has 1 fully saturated rings. The van der Waals surface area contributed by atoms with Gasteiger partial charge in [-0.3, -0.25) is 4.90 Å². The Morgan fingerprint density at radius 2 is 2.00 bits per heavy atom. The summed E-state index contributed by atoms with van der Waals surface area (Å²) in [6.07, 6.45) is -3.41. The van der Waals surface area contributed by atoms with E-state index in [1.54, 1.807) is 4.68 Å². The lowest BCUT2D eigenvalue weighted by molar-refractivity contribution is -0.143. The minimum atomic E-state index is -4.14. The summed E-state index contributed by atoms with van der Waals surface area (Å²) in [7, 11) is 0. The molecule has 0 spiro atoms. The summed E-state index contributed by atoms with van der Waals surface area (Å²) in [6, 6.07) is 7.76. The van der Waals surface area contributed by atoms with Gasteiger partial charge in [0.25, 0.3) is 0 Å². The first-order chi connectivity index (χ1) is 11.4. The molecule has 0 radical (unpaired) electrons. The van der Waals surface area contributed by atoms with Crippen molar-refractivity contribution in [1.29, 1.82) is 0 Å². The third-order valence-electron chi connectivity index (χ3n) is 4.07. The minimum Gasteiger partial charge on any atom is -0.352 e. The number of hydrogen-bond donors (Lipinski definition) is 1. The van der Waals surface area contributed by atoms with Crippen LogP contribution in [-0.2, 0) is 0 Å². The minimum absolute atomic E-state index is 0.149. The highest BCUT2D eigenvalue weighted by Gasteiger charge is 2.34. The smallest absolute Gasteiger partial charge is 0.352 e. The number of nitrogens with zero attached hydrogens (tertiary/aromatic N) is 5. The van der Waals surface area contributed by atoms with Gasteiger partial charge in [-0.1, -0.05) is 22.8 Å². The molecule has 0 unspecified atom stereocenters. The quantitative estimate of drug-likeness (QED) is 0.905. The highest BCUT2D eigenvalue weighted by atomic mass is 19.4. The van der Waals surface area contributed by atoms with E-state index in [0.717, 1.165) is 17.7 Å². The van der Waals surface area contributed by atoms with Crippen LogP contribution in [0.4, 0.5) is 19.1 Å². The number of anilines is 1. The highest BCUT2D eigenvalue weighted by Crippen LogP contribution is 2.23. The van der Waals surface area contributed by atoms with Crippen LogP contribution in [-0.4, -0.2) is 57.5 Å². The maximum atomic E-state index is 12.4. The average molecular weight is 340 g/mol. The van der Waals surface area contributed by atoms with Gasteiger partial charge in [0.2, 0.25) is 5.95 Å². The van der Waals surface area contributed by atoms with E-state index in [1.165, 1.54) is 4.90 Å². The second kappa shape index (κ2) is 6.76. The van der Waals surface area contributed by atoms with Gasteiger partial charge in [-0.15, -0.1) is 0 Å². The molecule has 2 heterocycles. The molecule has 0 bridgehead atoms. The predicted molar refractivity (Wildman–Crippen MR) is 83.0 cm³/mol. The summed E-state index contributed by atoms with van der Waals surface area (Å²) < 4.78 is 38.9. The van der Waals surface area contributed by atoms with E-state index in [4.69, 9.17) is 0 Å². The van der Waals surface area contributed by atoms with Crippen LogP contribution in [0.25, 0.3) is 5.69 Å². The summed E-state index contributed by atoms with van der Waals surface area (Å²) in [4.78, 5) is 1.44. The summed E-state index contributed by atoms with van der Waals surface area (Å²) in [6.45, 7) is 2.59. The van der Waals surface area contributed by atoms with E-state index in [2.05, 4.69) is 20.8 Å². The second-order valence-electron chi connectivity index (χ2n) is 6.14. The topological polar surface area (TPSA) is 58.9 Å². The molecule has 1 saturated heterocycles. The molecule has 0 amide bonds. The van der Waals surface area contributed by atoms with E-state index < -0.39 is 12.7 Å². The van der Waals surface area contributed by atoms with Gasteiger partial charge in [0.1, 0.15) is 0 Å². The molecule has 1 aromatic carbocycles. The number of alkyl halides is 3. The van der Waals surface area contributed by atoms with Crippen LogP contribution in [0.1, 0.15) is 12.0 Å². The van der Waals surface area contributed by atoms with Crippen molar-refractivity contribution in [2.45, 2.75) is 19.5 Å². The molecule has 1 aromatic heterocycles. The van der Waals surface area contributed by atoms with E-state index in [1.807, 2.05) is 31.2 Å². The molecule has 0 aliphatic carbocycles. The van der Waals surface area contributed by atoms with Crippen LogP contribution in [0.2, 0.25) is 0 Å². The molecule has 1 N–H and O–H groups in total. The molecule has 3 rings (SSSR count). The molecule has 1 aliphatic heterocycles. The first kappa shape index (κ1) is 16.7. The number of likely N-dealkylation sites (tertiary alicyclic amines) is 1. The largest absolute Gasteiger partial charge is 0.401 e. The number of hydrogen-bond acceptors (Lipinski definition) is 5. The van der Waals surface area contributed by atoms with Gasteiger partial charge in [-0.05, 0) is 48.4 Å². The number of halogens is 3. The van der Waals surface area contributed by atoms with Gasteiger partial charge in [0.05, 0.1) is 12.2 Å². The number of aryl methyl sites for hydroxylation is 1. The van der Waals surface area contributed by atoms with E-state index >= 15 is 0 Å². The standard InChI is InChI=1S/C15H19F3N6/c1-11-2-4-13(5-3-11)24-14(20-21-22-24)19-8-12-6-7-23(9-12)10-15(16,17)18/h2-5,12H,6-10H2,1H3,(H,19,20,22)/t12-/m1/s1. The fourth-order valence-electron chi connectivity index (χ4n) is 2.87. The van der Waals surface area contributed by atoms with Crippen molar-refractivity contribution < 1.29 is 13.2 Å². The van der Waals surface area contributed by atoms with Gasteiger partial charge >= 0.3 is 6.18 Å². The van der Waals surface area contributed by atoms with Crippen LogP contribution in [0, 0.1) is 12.8 Å². The van der Waals surface area contributed by atoms with Crippen LogP contribution >= 0.6 is 0 Å². The van der Waals surface area contributed by atoms with Crippen LogP contribution in [0.5, 0.6) is 0 Å². The van der Waals surface area contributed by atoms with Gasteiger partial charge in [0, 0.05) is 13.1 Å². The van der Waals surface area contributed by atoms with Crippen LogP contribution < -0.4 is 5.32 Å². The fourth-order valence-corrected chi connectivity index (χ4v) is 2.87. The zero-order valence-corrected chi connectivity index (χ0v) is 13.3. The molecule has 9 heteroatoms. The SMILES string of the molecule is Cc1ccc(-n2nnnc2NC[C@H]2CCN(CC(F)(F)F)C2)cc1. The van der Waals surface area contributed by atoms with Gasteiger partial charge in [0.15, 0.2) is 0 Å². The summed E-state index contributed by atoms with van der Waals surface area (Å²) in [5.41, 5.74) is 1.97. The lowest BCUT2D eigenvalue weighted by Gasteiger charge is -2.18. The molecule has 6 nitrogen and oxygen atoms in total. The lowest BCUT2D eigenvalue weighted by Crippen LogP contribution is -2.33. The lowest BCUT2D eigenvalue weighted by atomic mass is 10.1. The molecule has 130 valence electrons. The van der Waals surface area contributed by atoms with E-state index in [9.17, 15) is 13.2 Å². The van der Waals surface area contributed by atoms with E-state index in [0.29, 0.717) is 25.6 Å². The number of rotatable bonds is 5. The Kier molecular flexibility index (Phi) is 4.70. The van der Waals surface area contributed by atoms with Crippen molar-refractivity contribution in [1.82, 2.24) is 25.1 Å². The van der Waals surface area contributed by atoms with Crippen molar-refractivity contribution in [3.63, 3.8) is 0 Å². The Labute approximate surface area is 137 Å². The first-order valence-electron chi connectivity index (χ1n) is 7.79. The van der Waals surface area contributed by atoms with Gasteiger partial charge < -0.3 is 5.32 Å². The normalized spacial score (nSPS) is 18.9. The van der Waals surface area contributed by atoms with Crippen LogP contribution in [0.3, 0.4) is 0 Å². The number of tetrazole rings is 1. The number of nitrogens with one attached hydrogen (secondary N) is 1. The zero-order chi connectivity index (χ0) is 17.2. The second-order valence-corrected chi connectivity index (χ2v) is 6.14. The zero-order valence-electron chi connectivity index (χ0n) is 13.3. The Hall–Kier alpha value is -2.16. The molecular formula is C15H19F3N6. The van der Waals surface area contributed by atoms with Gasteiger partial charge in [-0.2, -0.15) is 17.9 Å². The van der Waals surface area contributed by atoms with Crippen molar-refractivity contribution >= 4 is 5.95 Å². The number of benzene rings is 1. The van der Waals surface area contributed by atoms with Gasteiger partial charge in [-0.25, -0.2) is 0 Å². The fraction of sp³-hybridized carbons (Fsp3) is 0.533. The maximum Gasteiger partial charge on any atom is 0.401 e. The molecule has 1 aliphatic rings. The van der Waals surface area contributed by atoms with Crippen molar-refractivity contribution in [3.8, 4) is 5.69 Å². The Balaban J connectivity index is 1.57. The molecule has 0 saturated carbocycles. The predicted octanol–water partition coefficient (Wildman–Crippen LogP) is 2.27. The van der Waals surface area contributed by atoms with Crippen molar-refractivity contribution in [2.24, 2.45) is 5.92 Å². The Morgan fingerprint density at radius 1 is 1.25 bits per heavy atom. The van der Waals surface area contributed by atoms with E-state index in [-0.39, 0.29) is 5.92 Å². The molecule has 2 aromatic rings. The summed E-state index contributed by atoms with van der Waals surface area (Å²) in [5.74, 6) is 0.642.